The summed E-state index contributed by atoms with van der Waals surface area (Å²) in [6.07, 6.45) is -4.62. The summed E-state index contributed by atoms with van der Waals surface area (Å²) in [4.78, 5) is 0. The third kappa shape index (κ3) is 13.0. The van der Waals surface area contributed by atoms with Crippen molar-refractivity contribution in [3.8, 4) is 0 Å². The van der Waals surface area contributed by atoms with Crippen LogP contribution in [0, 0.1) is 0 Å². The lowest BCUT2D eigenvalue weighted by Gasteiger charge is -2.51. The molecule has 0 radical (unpaired) electrons. The molecule has 14 nitrogen and oxygen atoms in total. The number of aromatic nitrogens is 2. The van der Waals surface area contributed by atoms with Crippen LogP contribution in [0.2, 0.25) is 0 Å². The van der Waals surface area contributed by atoms with Crippen molar-refractivity contribution in [2.24, 2.45) is 0 Å². The van der Waals surface area contributed by atoms with Gasteiger partial charge in [0, 0.05) is 34.7 Å². The van der Waals surface area contributed by atoms with Gasteiger partial charge in [0.05, 0.1) is 73.6 Å². The summed E-state index contributed by atoms with van der Waals surface area (Å²) in [5.74, 6) is -2.98. The monoisotopic (exact) mass is 1250 g/mol. The first-order chi connectivity index (χ1) is 44.1. The van der Waals surface area contributed by atoms with Gasteiger partial charge in [0.25, 0.3) is 0 Å². The zero-order valence-corrected chi connectivity index (χ0v) is 52.0. The van der Waals surface area contributed by atoms with Gasteiger partial charge in [-0.1, -0.05) is 184 Å². The number of aliphatic hydroxyl groups is 4. The molecule has 90 heavy (non-hydrogen) atoms. The predicted octanol–water partition coefficient (Wildman–Crippen LogP) is 12.1. The van der Waals surface area contributed by atoms with E-state index in [0.29, 0.717) is 45.0 Å². The second-order valence-electron chi connectivity index (χ2n) is 23.5. The van der Waals surface area contributed by atoms with E-state index in [-0.39, 0.29) is 13.2 Å². The quantitative estimate of drug-likeness (QED) is 0.0566. The molecule has 2 saturated heterocycles. The molecule has 4 aliphatic heterocycles. The molecule has 10 atom stereocenters. The van der Waals surface area contributed by atoms with Gasteiger partial charge < -0.3 is 58.3 Å². The van der Waals surface area contributed by atoms with E-state index in [2.05, 4.69) is 127 Å². The van der Waals surface area contributed by atoms with Gasteiger partial charge in [-0.05, 0) is 116 Å². The molecular weight excluding hydrogens is 1170 g/mol. The molecule has 16 heteroatoms. The van der Waals surface area contributed by atoms with Crippen LogP contribution in [0.4, 0.5) is 0 Å². The summed E-state index contributed by atoms with van der Waals surface area (Å²) in [5.41, 5.74) is 14.5. The van der Waals surface area contributed by atoms with Crippen molar-refractivity contribution in [1.82, 2.24) is 8.75 Å². The van der Waals surface area contributed by atoms with Gasteiger partial charge in [-0.15, -0.1) is 0 Å². The first kappa shape index (κ1) is 61.9. The van der Waals surface area contributed by atoms with Gasteiger partial charge >= 0.3 is 0 Å². The predicted molar refractivity (Wildman–Crippen MR) is 345 cm³/mol. The Morgan fingerprint density at radius 1 is 0.467 bits per heavy atom. The van der Waals surface area contributed by atoms with Crippen LogP contribution in [0.5, 0.6) is 0 Å². The van der Waals surface area contributed by atoms with E-state index in [1.807, 2.05) is 84.9 Å². The number of nitrogens with zero attached hydrogens (tertiary/aromatic N) is 2. The summed E-state index contributed by atoms with van der Waals surface area (Å²) in [5, 5.41) is 42.9. The highest BCUT2D eigenvalue weighted by Gasteiger charge is 2.62. The van der Waals surface area contributed by atoms with Crippen LogP contribution in [-0.2, 0) is 115 Å². The molecule has 10 aromatic rings. The molecular formula is C74H74N2O12S2. The topological polar surface area (TPSA) is 181 Å². The molecule has 2 aromatic heterocycles. The van der Waals surface area contributed by atoms with Crippen LogP contribution >= 0.6 is 23.1 Å². The average molecular weight is 1250 g/mol. The van der Waals surface area contributed by atoms with Gasteiger partial charge in [0.1, 0.15) is 48.8 Å². The number of benzene rings is 8. The van der Waals surface area contributed by atoms with Crippen LogP contribution in [-0.4, -0.2) is 91.2 Å². The lowest BCUT2D eigenvalue weighted by atomic mass is 9.86. The van der Waals surface area contributed by atoms with Crippen molar-refractivity contribution in [2.75, 3.05) is 13.2 Å². The first-order valence-electron chi connectivity index (χ1n) is 31.0. The van der Waals surface area contributed by atoms with Crippen molar-refractivity contribution in [3.05, 3.63) is 272 Å². The molecule has 14 rings (SSSR count). The van der Waals surface area contributed by atoms with Gasteiger partial charge in [-0.2, -0.15) is 8.75 Å². The lowest BCUT2D eigenvalue weighted by molar-refractivity contribution is -0.387. The molecule has 4 N–H and O–H groups in total. The molecule has 0 saturated carbocycles. The van der Waals surface area contributed by atoms with Crippen LogP contribution < -0.4 is 0 Å². The zero-order valence-electron chi connectivity index (χ0n) is 50.3. The van der Waals surface area contributed by atoms with Crippen molar-refractivity contribution in [1.29, 1.82) is 0 Å². The maximum absolute atomic E-state index is 10.8. The maximum atomic E-state index is 10.8. The van der Waals surface area contributed by atoms with Crippen molar-refractivity contribution in [3.63, 3.8) is 0 Å². The zero-order chi connectivity index (χ0) is 61.6. The SMILES string of the molecule is CCc1ccc(Cc2nsc3cc4c(cc23)[C@]2(OC4)O[C@H](CO)[C@@H](O)[C@H](O)[C@H]2O)cc1.CCc1ccc(Cc2nsc3cc4c(cc23)[C@]2(OC4)O[C@H](COCc3ccccc3)[C@@H](OCc3ccccc3)[C@H](OCc3ccccc3)[C@H]2OCc2ccccc2)cc1. The van der Waals surface area contributed by atoms with E-state index in [1.54, 1.807) is 0 Å². The minimum atomic E-state index is -1.64. The van der Waals surface area contributed by atoms with E-state index < -0.39 is 67.0 Å². The van der Waals surface area contributed by atoms with E-state index in [9.17, 15) is 20.4 Å². The molecule has 2 fully saturated rings. The summed E-state index contributed by atoms with van der Waals surface area (Å²) in [6, 6.07) is 66.5. The second-order valence-corrected chi connectivity index (χ2v) is 25.1. The molecule has 4 aliphatic rings. The Labute approximate surface area is 532 Å². The molecule has 0 amide bonds. The summed E-state index contributed by atoms with van der Waals surface area (Å²) in [7, 11) is 0. The Morgan fingerprint density at radius 2 is 0.889 bits per heavy atom. The van der Waals surface area contributed by atoms with Crippen molar-refractivity contribution < 1.29 is 58.3 Å². The highest BCUT2D eigenvalue weighted by molar-refractivity contribution is 7.13. The largest absolute Gasteiger partial charge is 0.394 e. The Morgan fingerprint density at radius 3 is 1.37 bits per heavy atom. The van der Waals surface area contributed by atoms with E-state index >= 15 is 0 Å². The second kappa shape index (κ2) is 27.9. The number of fused-ring (bicyclic) bond motifs is 6. The van der Waals surface area contributed by atoms with Gasteiger partial charge in [-0.25, -0.2) is 0 Å². The molecule has 6 heterocycles. The third-order valence-electron chi connectivity index (χ3n) is 17.7. The molecule has 0 bridgehead atoms. The highest BCUT2D eigenvalue weighted by Crippen LogP contribution is 2.51. The maximum Gasteiger partial charge on any atom is 0.226 e. The number of ether oxygens (including phenoxy) is 8. The molecule has 8 aromatic carbocycles. The fourth-order valence-electron chi connectivity index (χ4n) is 12.6. The number of rotatable bonds is 20. The Bertz CT molecular complexity index is 3970. The average Bonchev–Trinajstić information content (AvgIpc) is 1.50. The molecule has 2 spiro atoms. The molecule has 464 valence electrons. The Hall–Kier alpha value is -6.94. The Balaban J connectivity index is 0.000000201. The fraction of sp³-hybridized carbons (Fsp3) is 0.324. The van der Waals surface area contributed by atoms with E-state index in [1.165, 1.54) is 39.8 Å². The van der Waals surface area contributed by atoms with Crippen molar-refractivity contribution in [2.45, 2.75) is 140 Å². The van der Waals surface area contributed by atoms with E-state index in [0.717, 1.165) is 95.3 Å². The lowest BCUT2D eigenvalue weighted by Crippen LogP contribution is -2.65. The van der Waals surface area contributed by atoms with Crippen LogP contribution in [0.15, 0.2) is 194 Å². The summed E-state index contributed by atoms with van der Waals surface area (Å²) in [6.45, 7) is 6.02. The number of hydrogen-bond donors (Lipinski definition) is 4. The smallest absolute Gasteiger partial charge is 0.226 e. The van der Waals surface area contributed by atoms with Gasteiger partial charge in [0.15, 0.2) is 0 Å². The third-order valence-corrected chi connectivity index (χ3v) is 19.4. The Kier molecular flexibility index (Phi) is 19.2. The summed E-state index contributed by atoms with van der Waals surface area (Å²) < 4.78 is 65.5. The number of hydrogen-bond acceptors (Lipinski definition) is 16. The number of aliphatic hydroxyl groups excluding tert-OH is 4. The normalized spacial score (nSPS) is 24.3. The van der Waals surface area contributed by atoms with E-state index in [4.69, 9.17) is 42.3 Å². The minimum absolute atomic E-state index is 0.189. The van der Waals surface area contributed by atoms with Crippen LogP contribution in [0.1, 0.15) is 92.0 Å². The standard InChI is InChI=1S/C51H49NO6S.C23H25NO6S/c1-2-36-23-25-37(26-24-36)27-45-43-29-44-42(28-47(43)59-52-45)34-57-51(44)50(56-33-41-21-13-6-14-22-41)49(55-32-40-19-11-5-12-20-40)48(54-31-39-17-9-4-10-18-39)46(58-51)35-53-30-38-15-7-3-8-16-38;1-2-12-3-5-13(6-4-12)7-17-15-9-16-14(8-19(15)31-24-17)11-29-23(16)22(28)21(27)20(26)18(10-25)30-23/h3-26,28-29,46,48-50H,2,27,30-35H2,1H3;3-6,8-9,18,20-22,25-28H,2,7,10-11H2,1H3/t46-,48-,49+,50-,51+;18-,20-,21+,22-,23+/m11/s1. The molecule has 0 aliphatic carbocycles. The van der Waals surface area contributed by atoms with Gasteiger partial charge in [0.2, 0.25) is 11.6 Å². The first-order valence-corrected chi connectivity index (χ1v) is 32.5. The fourth-order valence-corrected chi connectivity index (χ4v) is 14.3. The minimum Gasteiger partial charge on any atom is -0.394 e. The number of aryl methyl sites for hydroxylation is 2. The van der Waals surface area contributed by atoms with Crippen LogP contribution in [0.3, 0.4) is 0 Å². The highest BCUT2D eigenvalue weighted by atomic mass is 32.1. The van der Waals surface area contributed by atoms with Crippen molar-refractivity contribution >= 4 is 43.2 Å². The van der Waals surface area contributed by atoms with Crippen LogP contribution in [0.25, 0.3) is 20.2 Å². The molecule has 0 unspecified atom stereocenters. The summed E-state index contributed by atoms with van der Waals surface area (Å²) >= 11 is 2.94. The van der Waals surface area contributed by atoms with Gasteiger partial charge in [-0.3, -0.25) is 0 Å².